The molecule has 0 aromatic heterocycles. The minimum Gasteiger partial charge on any atom is -0.462 e. The summed E-state index contributed by atoms with van der Waals surface area (Å²) in [5.74, 6) is -0.497. The molecule has 0 bridgehead atoms. The van der Waals surface area contributed by atoms with Crippen LogP contribution in [0.1, 0.15) is 408 Å². The summed E-state index contributed by atoms with van der Waals surface area (Å²) in [5.41, 5.74) is 0. The average molecular weight is 1420 g/mol. The van der Waals surface area contributed by atoms with Crippen molar-refractivity contribution in [3.63, 3.8) is 0 Å². The molecule has 0 radical (unpaired) electrons. The Hall–Kier alpha value is -1.94. The maximum Gasteiger partial charge on any atom is 0.472 e. The predicted molar refractivity (Wildman–Crippen MR) is 395 cm³/mol. The first-order valence-electron chi connectivity index (χ1n) is 40.5. The van der Waals surface area contributed by atoms with Gasteiger partial charge in [-0.1, -0.05) is 356 Å². The summed E-state index contributed by atoms with van der Waals surface area (Å²) in [6.07, 6.45) is 58.2. The van der Waals surface area contributed by atoms with Crippen LogP contribution in [-0.4, -0.2) is 96.7 Å². The highest BCUT2D eigenvalue weighted by Crippen LogP contribution is 2.45. The van der Waals surface area contributed by atoms with Gasteiger partial charge in [-0.25, -0.2) is 9.13 Å². The predicted octanol–water partition coefficient (Wildman–Crippen LogP) is 23.1. The molecule has 0 aromatic carbocycles. The van der Waals surface area contributed by atoms with Crippen LogP contribution in [0.25, 0.3) is 0 Å². The first-order chi connectivity index (χ1) is 46.9. The van der Waals surface area contributed by atoms with Crippen LogP contribution in [-0.2, 0) is 65.4 Å². The van der Waals surface area contributed by atoms with Crippen LogP contribution in [0.15, 0.2) is 0 Å². The Bertz CT molecular complexity index is 1870. The molecule has 0 fully saturated rings. The summed E-state index contributed by atoms with van der Waals surface area (Å²) in [7, 11) is -9.91. The number of hydrogen-bond donors (Lipinski definition) is 3. The fourth-order valence-electron chi connectivity index (χ4n) is 12.0. The normalized spacial score (nSPS) is 14.0. The van der Waals surface area contributed by atoms with E-state index >= 15 is 0 Å². The van der Waals surface area contributed by atoms with E-state index in [0.29, 0.717) is 25.7 Å². The minimum absolute atomic E-state index is 0.107. The van der Waals surface area contributed by atoms with E-state index in [1.54, 1.807) is 0 Å². The molecule has 576 valence electrons. The third-order valence-electron chi connectivity index (χ3n) is 18.2. The molecule has 0 saturated carbocycles. The SMILES string of the molecule is CCCCCCCCCCCCC(=O)OC[C@H](COP(=O)(O)OC[C@H](O)COP(=O)(O)OC[C@@H](COC(=O)CCCCCCCCCCCCCCCCCC(C)C)OC(=O)CCCCCCCCCCCCCCCCCCC(C)C)OC(=O)CCCCCCCCCCCC. The zero-order chi connectivity index (χ0) is 71.4. The standard InChI is InChI=1S/C78H152O17P2/c1-7-9-11-13-15-17-36-42-48-54-60-75(80)88-66-73(94-77(82)62-56-50-44-37-18-16-14-12-10-8-2)68-92-96(84,85)90-64-72(79)65-91-97(86,87)93-69-74(67-89-76(81)61-55-49-43-38-32-28-25-21-23-27-31-35-41-47-53-59-71(5)6)95-78(83)63-57-51-45-39-33-29-24-20-19-22-26-30-34-40-46-52-58-70(3)4/h70-74,79H,7-69H2,1-6H3,(H,84,85)(H,86,87)/t72-,73+,74+/m0/s1. The summed E-state index contributed by atoms with van der Waals surface area (Å²) >= 11 is 0. The van der Waals surface area contributed by atoms with Crippen molar-refractivity contribution in [2.45, 2.75) is 426 Å². The van der Waals surface area contributed by atoms with Gasteiger partial charge in [0, 0.05) is 25.7 Å². The summed E-state index contributed by atoms with van der Waals surface area (Å²) < 4.78 is 68.5. The molecule has 0 aliphatic rings. The molecule has 0 saturated heterocycles. The Kier molecular flexibility index (Phi) is 68.4. The average Bonchev–Trinajstić information content (AvgIpc) is 1.40. The molecular weight excluding hydrogens is 1270 g/mol. The number of carbonyl (C=O) groups is 4. The fraction of sp³-hybridized carbons (Fsp3) is 0.949. The van der Waals surface area contributed by atoms with Crippen molar-refractivity contribution in [1.29, 1.82) is 0 Å². The van der Waals surface area contributed by atoms with Crippen molar-refractivity contribution in [3.05, 3.63) is 0 Å². The summed E-state index contributed by atoms with van der Waals surface area (Å²) in [5, 5.41) is 10.6. The van der Waals surface area contributed by atoms with E-state index in [9.17, 15) is 43.2 Å². The van der Waals surface area contributed by atoms with Crippen LogP contribution in [0.5, 0.6) is 0 Å². The van der Waals surface area contributed by atoms with Gasteiger partial charge >= 0.3 is 39.5 Å². The smallest absolute Gasteiger partial charge is 0.462 e. The van der Waals surface area contributed by atoms with Crippen molar-refractivity contribution >= 4 is 39.5 Å². The summed E-state index contributed by atoms with van der Waals surface area (Å²) in [6, 6.07) is 0. The van der Waals surface area contributed by atoms with Crippen molar-refractivity contribution in [3.8, 4) is 0 Å². The molecule has 3 N–H and O–H groups in total. The number of phosphoric ester groups is 2. The van der Waals surface area contributed by atoms with Crippen molar-refractivity contribution in [2.75, 3.05) is 39.6 Å². The largest absolute Gasteiger partial charge is 0.472 e. The topological polar surface area (TPSA) is 237 Å². The van der Waals surface area contributed by atoms with Gasteiger partial charge in [-0.15, -0.1) is 0 Å². The minimum atomic E-state index is -4.96. The molecule has 97 heavy (non-hydrogen) atoms. The van der Waals surface area contributed by atoms with Gasteiger partial charge in [-0.3, -0.25) is 37.3 Å². The molecule has 5 atom stereocenters. The Balaban J connectivity index is 5.20. The second kappa shape index (κ2) is 69.8. The van der Waals surface area contributed by atoms with Crippen LogP contribution in [0.3, 0.4) is 0 Å². The van der Waals surface area contributed by atoms with Crippen molar-refractivity contribution in [1.82, 2.24) is 0 Å². The number of hydrogen-bond acceptors (Lipinski definition) is 15. The first kappa shape index (κ1) is 95.1. The number of aliphatic hydroxyl groups excluding tert-OH is 1. The lowest BCUT2D eigenvalue weighted by Crippen LogP contribution is -2.30. The van der Waals surface area contributed by atoms with E-state index in [1.165, 1.54) is 225 Å². The molecule has 0 aliphatic carbocycles. The van der Waals surface area contributed by atoms with Gasteiger partial charge in [0.05, 0.1) is 26.4 Å². The zero-order valence-electron chi connectivity index (χ0n) is 63.4. The summed E-state index contributed by atoms with van der Waals surface area (Å²) in [6.45, 7) is 9.65. The lowest BCUT2D eigenvalue weighted by Gasteiger charge is -2.21. The summed E-state index contributed by atoms with van der Waals surface area (Å²) in [4.78, 5) is 72.8. The molecule has 0 rings (SSSR count). The lowest BCUT2D eigenvalue weighted by molar-refractivity contribution is -0.161. The number of esters is 4. The number of phosphoric acid groups is 2. The highest BCUT2D eigenvalue weighted by Gasteiger charge is 2.30. The molecule has 0 aromatic rings. The van der Waals surface area contributed by atoms with E-state index in [-0.39, 0.29) is 25.7 Å². The van der Waals surface area contributed by atoms with Gasteiger partial charge in [0.25, 0.3) is 0 Å². The molecule has 0 amide bonds. The van der Waals surface area contributed by atoms with Gasteiger partial charge in [-0.05, 0) is 37.5 Å². The van der Waals surface area contributed by atoms with E-state index in [2.05, 4.69) is 41.5 Å². The van der Waals surface area contributed by atoms with Gasteiger partial charge in [-0.2, -0.15) is 0 Å². The van der Waals surface area contributed by atoms with Gasteiger partial charge in [0.1, 0.15) is 19.3 Å². The number of aliphatic hydroxyl groups is 1. The van der Waals surface area contributed by atoms with E-state index in [4.69, 9.17) is 37.0 Å². The lowest BCUT2D eigenvalue weighted by atomic mass is 10.0. The molecule has 19 heteroatoms. The number of rotatable bonds is 77. The van der Waals surface area contributed by atoms with E-state index in [0.717, 1.165) is 102 Å². The van der Waals surface area contributed by atoms with Crippen LogP contribution < -0.4 is 0 Å². The van der Waals surface area contributed by atoms with Gasteiger partial charge in [0.15, 0.2) is 12.2 Å². The second-order valence-electron chi connectivity index (χ2n) is 29.1. The number of ether oxygens (including phenoxy) is 4. The Morgan fingerprint density at radius 3 is 0.701 bits per heavy atom. The Labute approximate surface area is 594 Å². The highest BCUT2D eigenvalue weighted by atomic mass is 31.2. The number of unbranched alkanes of at least 4 members (excludes halogenated alkanes) is 47. The van der Waals surface area contributed by atoms with Gasteiger partial charge in [0.2, 0.25) is 0 Å². The maximum absolute atomic E-state index is 13.1. The number of carbonyl (C=O) groups excluding carboxylic acids is 4. The molecule has 2 unspecified atom stereocenters. The zero-order valence-corrected chi connectivity index (χ0v) is 65.2. The van der Waals surface area contributed by atoms with Crippen LogP contribution >= 0.6 is 15.6 Å². The fourth-order valence-corrected chi connectivity index (χ4v) is 13.6. The third kappa shape index (κ3) is 72.2. The quantitative estimate of drug-likeness (QED) is 0.0222. The van der Waals surface area contributed by atoms with Crippen LogP contribution in [0, 0.1) is 11.8 Å². The molecule has 0 spiro atoms. The Morgan fingerprint density at radius 2 is 0.474 bits per heavy atom. The van der Waals surface area contributed by atoms with Crippen LogP contribution in [0.2, 0.25) is 0 Å². The highest BCUT2D eigenvalue weighted by molar-refractivity contribution is 7.47. The second-order valence-corrected chi connectivity index (χ2v) is 32.0. The maximum atomic E-state index is 13.1. The van der Waals surface area contributed by atoms with Crippen molar-refractivity contribution < 1.29 is 80.2 Å². The molecule has 0 heterocycles. The van der Waals surface area contributed by atoms with Crippen LogP contribution in [0.4, 0.5) is 0 Å². The first-order valence-corrected chi connectivity index (χ1v) is 43.5. The van der Waals surface area contributed by atoms with Crippen molar-refractivity contribution in [2.24, 2.45) is 11.8 Å². The Morgan fingerprint density at radius 1 is 0.278 bits per heavy atom. The molecule has 17 nitrogen and oxygen atoms in total. The molecular formula is C78H152O17P2. The van der Waals surface area contributed by atoms with E-state index < -0.39 is 97.5 Å². The monoisotopic (exact) mass is 1420 g/mol. The molecule has 0 aliphatic heterocycles. The van der Waals surface area contributed by atoms with E-state index in [1.807, 2.05) is 0 Å². The third-order valence-corrected chi connectivity index (χ3v) is 20.1. The van der Waals surface area contributed by atoms with Gasteiger partial charge < -0.3 is 33.8 Å².